The molecule has 1 aromatic heterocycles. The number of hydrogen-bond acceptors (Lipinski definition) is 3. The molecule has 0 bridgehead atoms. The van der Waals surface area contributed by atoms with Crippen LogP contribution >= 0.6 is 23.2 Å². The minimum atomic E-state index is -0.0973. The molecule has 0 radical (unpaired) electrons. The summed E-state index contributed by atoms with van der Waals surface area (Å²) in [6.07, 6.45) is 3.46. The summed E-state index contributed by atoms with van der Waals surface area (Å²) < 4.78 is 1.78. The van der Waals surface area contributed by atoms with Gasteiger partial charge in [0.2, 0.25) is 0 Å². The van der Waals surface area contributed by atoms with Gasteiger partial charge in [-0.25, -0.2) is 4.98 Å². The highest BCUT2D eigenvalue weighted by molar-refractivity contribution is 6.33. The van der Waals surface area contributed by atoms with Crippen molar-refractivity contribution in [1.82, 2.24) is 9.55 Å². The van der Waals surface area contributed by atoms with Crippen LogP contribution in [-0.2, 0) is 13.0 Å². The van der Waals surface area contributed by atoms with E-state index in [1.54, 1.807) is 35.3 Å². The average molecular weight is 298 g/mol. The molecule has 0 fully saturated rings. The molecule has 0 spiro atoms. The van der Waals surface area contributed by atoms with Crippen LogP contribution < -0.4 is 5.73 Å². The van der Waals surface area contributed by atoms with E-state index in [0.717, 1.165) is 0 Å². The van der Waals surface area contributed by atoms with Crippen LogP contribution in [0.15, 0.2) is 30.7 Å². The van der Waals surface area contributed by atoms with E-state index in [2.05, 4.69) is 4.98 Å². The third kappa shape index (κ3) is 3.56. The highest BCUT2D eigenvalue weighted by Crippen LogP contribution is 2.22. The maximum atomic E-state index is 12.1. The molecule has 0 aliphatic carbocycles. The largest absolute Gasteiger partial charge is 0.335 e. The fourth-order valence-corrected chi connectivity index (χ4v) is 2.10. The molecule has 0 amide bonds. The molecule has 2 rings (SSSR count). The number of ketones is 1. The number of nitrogens with two attached hydrogens (primary N) is 1. The summed E-state index contributed by atoms with van der Waals surface area (Å²) in [6.45, 7) is 1.14. The van der Waals surface area contributed by atoms with E-state index in [1.807, 2.05) is 0 Å². The van der Waals surface area contributed by atoms with Gasteiger partial charge in [0.25, 0.3) is 0 Å². The zero-order valence-electron chi connectivity index (χ0n) is 10.1. The lowest BCUT2D eigenvalue weighted by molar-refractivity contribution is 0.0988. The minimum Gasteiger partial charge on any atom is -0.335 e. The van der Waals surface area contributed by atoms with E-state index in [9.17, 15) is 4.79 Å². The van der Waals surface area contributed by atoms with Gasteiger partial charge in [0.1, 0.15) is 5.69 Å². The highest BCUT2D eigenvalue weighted by atomic mass is 35.5. The summed E-state index contributed by atoms with van der Waals surface area (Å²) in [6, 6.07) is 5.06. The summed E-state index contributed by atoms with van der Waals surface area (Å²) in [7, 11) is 0. The Balaban J connectivity index is 2.13. The van der Waals surface area contributed by atoms with Gasteiger partial charge in [-0.05, 0) is 23.8 Å². The van der Waals surface area contributed by atoms with Crippen LogP contribution in [0.5, 0.6) is 0 Å². The van der Waals surface area contributed by atoms with Crippen molar-refractivity contribution in [3.63, 3.8) is 0 Å². The third-order valence-corrected chi connectivity index (χ3v) is 3.27. The standard InChI is InChI=1S/C13H13Cl2N3O/c14-10-1-2-11(15)9(5-10)6-13(19)12-7-18(4-3-16)8-17-12/h1-2,5,7-8H,3-4,6,16H2. The molecule has 0 aliphatic heterocycles. The summed E-state index contributed by atoms with van der Waals surface area (Å²) in [4.78, 5) is 16.2. The first kappa shape index (κ1) is 14.1. The van der Waals surface area contributed by atoms with Gasteiger partial charge >= 0.3 is 0 Å². The summed E-state index contributed by atoms with van der Waals surface area (Å²) in [5, 5.41) is 1.08. The lowest BCUT2D eigenvalue weighted by Crippen LogP contribution is -2.08. The first-order chi connectivity index (χ1) is 9.10. The highest BCUT2D eigenvalue weighted by Gasteiger charge is 2.12. The molecule has 0 aliphatic rings. The van der Waals surface area contributed by atoms with Gasteiger partial charge in [-0.3, -0.25) is 4.79 Å². The number of imidazole rings is 1. The number of benzene rings is 1. The number of carbonyl (C=O) groups excluding carboxylic acids is 1. The van der Waals surface area contributed by atoms with Crippen LogP contribution in [0.1, 0.15) is 16.1 Å². The van der Waals surface area contributed by atoms with E-state index in [-0.39, 0.29) is 12.2 Å². The van der Waals surface area contributed by atoms with E-state index < -0.39 is 0 Å². The Morgan fingerprint density at radius 2 is 2.16 bits per heavy atom. The number of halogens is 2. The van der Waals surface area contributed by atoms with Gasteiger partial charge in [0.05, 0.1) is 6.33 Å². The maximum absolute atomic E-state index is 12.1. The number of rotatable bonds is 5. The van der Waals surface area contributed by atoms with Crippen molar-refractivity contribution in [2.45, 2.75) is 13.0 Å². The predicted octanol–water partition coefficient (Wildman–Crippen LogP) is 2.57. The third-order valence-electron chi connectivity index (χ3n) is 2.67. The van der Waals surface area contributed by atoms with Gasteiger partial charge in [0.15, 0.2) is 5.78 Å². The Hall–Kier alpha value is -1.36. The van der Waals surface area contributed by atoms with Gasteiger partial charge < -0.3 is 10.3 Å². The predicted molar refractivity (Wildman–Crippen MR) is 75.8 cm³/mol. The molecule has 1 aromatic carbocycles. The molecule has 100 valence electrons. The van der Waals surface area contributed by atoms with Crippen molar-refractivity contribution in [2.24, 2.45) is 5.73 Å². The average Bonchev–Trinajstić information content (AvgIpc) is 2.83. The van der Waals surface area contributed by atoms with Crippen molar-refractivity contribution in [3.8, 4) is 0 Å². The summed E-state index contributed by atoms with van der Waals surface area (Å²) in [5.41, 5.74) is 6.55. The van der Waals surface area contributed by atoms with Crippen molar-refractivity contribution < 1.29 is 4.79 Å². The molecule has 1 heterocycles. The SMILES string of the molecule is NCCn1cnc(C(=O)Cc2cc(Cl)ccc2Cl)c1. The van der Waals surface area contributed by atoms with Crippen molar-refractivity contribution in [2.75, 3.05) is 6.54 Å². The normalized spacial score (nSPS) is 10.7. The second kappa shape index (κ2) is 6.19. The Morgan fingerprint density at radius 3 is 2.89 bits per heavy atom. The molecule has 0 saturated heterocycles. The summed E-state index contributed by atoms with van der Waals surface area (Å²) >= 11 is 11.9. The van der Waals surface area contributed by atoms with Gasteiger partial charge in [-0.1, -0.05) is 23.2 Å². The molecule has 0 unspecified atom stereocenters. The maximum Gasteiger partial charge on any atom is 0.187 e. The first-order valence-corrected chi connectivity index (χ1v) is 6.54. The van der Waals surface area contributed by atoms with Crippen LogP contribution in [0, 0.1) is 0 Å². The number of hydrogen-bond donors (Lipinski definition) is 1. The van der Waals surface area contributed by atoms with E-state index in [0.29, 0.717) is 34.4 Å². The Morgan fingerprint density at radius 1 is 1.37 bits per heavy atom. The fourth-order valence-electron chi connectivity index (χ4n) is 1.72. The lowest BCUT2D eigenvalue weighted by atomic mass is 10.1. The second-order valence-electron chi connectivity index (χ2n) is 4.12. The number of carbonyl (C=O) groups is 1. The Bertz CT molecular complexity index is 595. The Labute approximate surface area is 121 Å². The van der Waals surface area contributed by atoms with Crippen LogP contribution in [0.25, 0.3) is 0 Å². The van der Waals surface area contributed by atoms with Crippen LogP contribution in [0.3, 0.4) is 0 Å². The van der Waals surface area contributed by atoms with Gasteiger partial charge in [-0.15, -0.1) is 0 Å². The van der Waals surface area contributed by atoms with Crippen molar-refractivity contribution in [1.29, 1.82) is 0 Å². The number of aromatic nitrogens is 2. The molecular formula is C13H13Cl2N3O. The molecule has 2 aromatic rings. The van der Waals surface area contributed by atoms with Gasteiger partial charge in [0, 0.05) is 35.8 Å². The van der Waals surface area contributed by atoms with E-state index in [1.165, 1.54) is 0 Å². The molecule has 6 heteroatoms. The molecule has 19 heavy (non-hydrogen) atoms. The lowest BCUT2D eigenvalue weighted by Gasteiger charge is -2.03. The molecule has 2 N–H and O–H groups in total. The number of nitrogens with zero attached hydrogens (tertiary/aromatic N) is 2. The van der Waals surface area contributed by atoms with E-state index in [4.69, 9.17) is 28.9 Å². The number of Topliss-reactive ketones (excluding diaryl/α,β-unsaturated/α-hetero) is 1. The van der Waals surface area contributed by atoms with Crippen LogP contribution in [0.4, 0.5) is 0 Å². The minimum absolute atomic E-state index is 0.0973. The molecule has 0 atom stereocenters. The second-order valence-corrected chi connectivity index (χ2v) is 4.96. The van der Waals surface area contributed by atoms with E-state index >= 15 is 0 Å². The summed E-state index contributed by atoms with van der Waals surface area (Å²) in [5.74, 6) is -0.0973. The van der Waals surface area contributed by atoms with Crippen LogP contribution in [0.2, 0.25) is 10.0 Å². The zero-order valence-corrected chi connectivity index (χ0v) is 11.7. The quantitative estimate of drug-likeness (QED) is 0.863. The van der Waals surface area contributed by atoms with Crippen molar-refractivity contribution >= 4 is 29.0 Å². The molecule has 4 nitrogen and oxygen atoms in total. The van der Waals surface area contributed by atoms with Gasteiger partial charge in [-0.2, -0.15) is 0 Å². The Kier molecular flexibility index (Phi) is 4.58. The zero-order chi connectivity index (χ0) is 13.8. The molecule has 0 saturated carbocycles. The topological polar surface area (TPSA) is 60.9 Å². The monoisotopic (exact) mass is 297 g/mol. The first-order valence-electron chi connectivity index (χ1n) is 5.79. The van der Waals surface area contributed by atoms with Crippen LogP contribution in [-0.4, -0.2) is 21.9 Å². The smallest absolute Gasteiger partial charge is 0.187 e. The molecular weight excluding hydrogens is 285 g/mol. The fraction of sp³-hybridized carbons (Fsp3) is 0.231. The van der Waals surface area contributed by atoms with Crippen molar-refractivity contribution in [3.05, 3.63) is 52.0 Å².